The second-order valence-corrected chi connectivity index (χ2v) is 3.93. The third kappa shape index (κ3) is 2.63. The van der Waals surface area contributed by atoms with Crippen molar-refractivity contribution in [3.8, 4) is 0 Å². The Hall–Kier alpha value is -1.44. The van der Waals surface area contributed by atoms with Crippen LogP contribution in [0.15, 0.2) is 15.8 Å². The Labute approximate surface area is 96.6 Å². The van der Waals surface area contributed by atoms with E-state index in [0.717, 1.165) is 0 Å². The average molecular weight is 242 g/mol. The summed E-state index contributed by atoms with van der Waals surface area (Å²) in [4.78, 5) is 24.8. The van der Waals surface area contributed by atoms with Gasteiger partial charge in [-0.3, -0.25) is 14.3 Å². The van der Waals surface area contributed by atoms with Gasteiger partial charge in [-0.15, -0.1) is 0 Å². The standard InChI is InChI=1S/C10H14N2O5/c1-6-2-12(10(15)11-9(6)14)3-8-16-5-7(4-13)17-8/h2,7-8,13H,3-5H2,1H3,(H,11,14,15). The van der Waals surface area contributed by atoms with Gasteiger partial charge in [0.05, 0.1) is 19.8 Å². The number of rotatable bonds is 3. The summed E-state index contributed by atoms with van der Waals surface area (Å²) < 4.78 is 11.9. The first-order valence-electron chi connectivity index (χ1n) is 5.28. The number of ether oxygens (including phenoxy) is 2. The number of aryl methyl sites for hydroxylation is 1. The Kier molecular flexibility index (Phi) is 3.41. The van der Waals surface area contributed by atoms with Crippen LogP contribution in [0.2, 0.25) is 0 Å². The van der Waals surface area contributed by atoms with Gasteiger partial charge in [-0.25, -0.2) is 4.79 Å². The molecule has 94 valence electrons. The van der Waals surface area contributed by atoms with Crippen molar-refractivity contribution >= 4 is 0 Å². The highest BCUT2D eigenvalue weighted by molar-refractivity contribution is 5.00. The summed E-state index contributed by atoms with van der Waals surface area (Å²) in [5.41, 5.74) is -0.450. The van der Waals surface area contributed by atoms with Gasteiger partial charge in [0.15, 0.2) is 6.29 Å². The summed E-state index contributed by atoms with van der Waals surface area (Å²) in [5, 5.41) is 8.86. The van der Waals surface area contributed by atoms with Gasteiger partial charge >= 0.3 is 5.69 Å². The van der Waals surface area contributed by atoms with E-state index in [1.165, 1.54) is 10.8 Å². The summed E-state index contributed by atoms with van der Waals surface area (Å²) in [7, 11) is 0. The highest BCUT2D eigenvalue weighted by Gasteiger charge is 2.25. The Morgan fingerprint density at radius 3 is 3.00 bits per heavy atom. The van der Waals surface area contributed by atoms with E-state index >= 15 is 0 Å². The fourth-order valence-electron chi connectivity index (χ4n) is 1.61. The summed E-state index contributed by atoms with van der Waals surface area (Å²) in [6, 6.07) is 0. The zero-order chi connectivity index (χ0) is 12.4. The Bertz CT molecular complexity index is 506. The first-order valence-corrected chi connectivity index (χ1v) is 5.28. The Morgan fingerprint density at radius 1 is 1.59 bits per heavy atom. The number of hydrogen-bond donors (Lipinski definition) is 2. The molecule has 0 spiro atoms. The lowest BCUT2D eigenvalue weighted by Gasteiger charge is -2.12. The lowest BCUT2D eigenvalue weighted by atomic mass is 10.4. The minimum absolute atomic E-state index is 0.115. The molecule has 2 atom stereocenters. The van der Waals surface area contributed by atoms with E-state index < -0.39 is 17.5 Å². The topological polar surface area (TPSA) is 93.6 Å². The van der Waals surface area contributed by atoms with E-state index in [4.69, 9.17) is 14.6 Å². The van der Waals surface area contributed by atoms with Crippen LogP contribution in [0.1, 0.15) is 5.56 Å². The number of aliphatic hydroxyl groups excluding tert-OH is 1. The molecular weight excluding hydrogens is 228 g/mol. The molecule has 0 radical (unpaired) electrons. The van der Waals surface area contributed by atoms with Crippen molar-refractivity contribution < 1.29 is 14.6 Å². The maximum Gasteiger partial charge on any atom is 0.328 e. The Morgan fingerprint density at radius 2 is 2.35 bits per heavy atom. The molecule has 0 bridgehead atoms. The quantitative estimate of drug-likeness (QED) is 0.678. The molecular formula is C10H14N2O5. The highest BCUT2D eigenvalue weighted by Crippen LogP contribution is 2.12. The second kappa shape index (κ2) is 4.82. The number of H-pyrrole nitrogens is 1. The molecule has 0 aromatic carbocycles. The van der Waals surface area contributed by atoms with Crippen LogP contribution in [-0.2, 0) is 16.0 Å². The Balaban J connectivity index is 2.12. The van der Waals surface area contributed by atoms with Crippen molar-refractivity contribution in [1.29, 1.82) is 0 Å². The third-order valence-electron chi connectivity index (χ3n) is 2.55. The molecule has 0 aliphatic carbocycles. The van der Waals surface area contributed by atoms with E-state index in [2.05, 4.69) is 4.98 Å². The second-order valence-electron chi connectivity index (χ2n) is 3.93. The molecule has 1 aliphatic heterocycles. The lowest BCUT2D eigenvalue weighted by molar-refractivity contribution is -0.0748. The zero-order valence-electron chi connectivity index (χ0n) is 9.38. The first-order chi connectivity index (χ1) is 8.10. The molecule has 1 aromatic heterocycles. The number of aromatic nitrogens is 2. The smallest absolute Gasteiger partial charge is 0.328 e. The zero-order valence-corrected chi connectivity index (χ0v) is 9.38. The molecule has 2 N–H and O–H groups in total. The lowest BCUT2D eigenvalue weighted by Crippen LogP contribution is -2.34. The maximum absolute atomic E-state index is 11.5. The first kappa shape index (κ1) is 12.0. The van der Waals surface area contributed by atoms with Crippen molar-refractivity contribution in [3.63, 3.8) is 0 Å². The fourth-order valence-corrected chi connectivity index (χ4v) is 1.61. The van der Waals surface area contributed by atoms with Gasteiger partial charge < -0.3 is 14.6 Å². The van der Waals surface area contributed by atoms with Gasteiger partial charge in [0.2, 0.25) is 0 Å². The van der Waals surface area contributed by atoms with Crippen LogP contribution >= 0.6 is 0 Å². The van der Waals surface area contributed by atoms with Gasteiger partial charge in [0, 0.05) is 11.8 Å². The third-order valence-corrected chi connectivity index (χ3v) is 2.55. The van der Waals surface area contributed by atoms with Crippen molar-refractivity contribution in [1.82, 2.24) is 9.55 Å². The largest absolute Gasteiger partial charge is 0.394 e. The molecule has 7 heteroatoms. The molecule has 1 saturated heterocycles. The predicted molar refractivity (Wildman–Crippen MR) is 57.8 cm³/mol. The van der Waals surface area contributed by atoms with Crippen LogP contribution in [0.25, 0.3) is 0 Å². The molecule has 2 unspecified atom stereocenters. The molecule has 7 nitrogen and oxygen atoms in total. The number of aromatic amines is 1. The van der Waals surface area contributed by atoms with Crippen LogP contribution in [0.5, 0.6) is 0 Å². The maximum atomic E-state index is 11.5. The van der Waals surface area contributed by atoms with E-state index in [1.807, 2.05) is 0 Å². The normalized spacial score (nSPS) is 24.1. The van der Waals surface area contributed by atoms with Crippen LogP contribution in [-0.4, -0.2) is 40.3 Å². The number of nitrogens with zero attached hydrogens (tertiary/aromatic N) is 1. The molecule has 0 saturated carbocycles. The van der Waals surface area contributed by atoms with Crippen LogP contribution in [0.4, 0.5) is 0 Å². The summed E-state index contributed by atoms with van der Waals surface area (Å²) in [6.07, 6.45) is 0.537. The molecule has 2 rings (SSSR count). The molecule has 1 aromatic rings. The van der Waals surface area contributed by atoms with Crippen molar-refractivity contribution in [3.05, 3.63) is 32.6 Å². The molecule has 1 fully saturated rings. The number of hydrogen-bond acceptors (Lipinski definition) is 5. The fraction of sp³-hybridized carbons (Fsp3) is 0.600. The highest BCUT2D eigenvalue weighted by atomic mass is 16.7. The van der Waals surface area contributed by atoms with Gasteiger partial charge in [-0.1, -0.05) is 0 Å². The molecule has 17 heavy (non-hydrogen) atoms. The van der Waals surface area contributed by atoms with E-state index in [9.17, 15) is 9.59 Å². The van der Waals surface area contributed by atoms with Crippen molar-refractivity contribution in [2.75, 3.05) is 13.2 Å². The van der Waals surface area contributed by atoms with Crippen LogP contribution in [0, 0.1) is 6.92 Å². The van der Waals surface area contributed by atoms with Gasteiger partial charge in [0.25, 0.3) is 5.56 Å². The van der Waals surface area contributed by atoms with Crippen LogP contribution < -0.4 is 11.2 Å². The van der Waals surface area contributed by atoms with E-state index in [1.54, 1.807) is 6.92 Å². The molecule has 0 amide bonds. The minimum Gasteiger partial charge on any atom is -0.394 e. The minimum atomic E-state index is -0.574. The monoisotopic (exact) mass is 242 g/mol. The van der Waals surface area contributed by atoms with E-state index in [-0.39, 0.29) is 19.3 Å². The average Bonchev–Trinajstić information content (AvgIpc) is 2.73. The van der Waals surface area contributed by atoms with Gasteiger partial charge in [0.1, 0.15) is 6.10 Å². The SMILES string of the molecule is Cc1cn(CC2OCC(CO)O2)c(=O)[nH]c1=O. The number of aliphatic hydroxyl groups is 1. The summed E-state index contributed by atoms with van der Waals surface area (Å²) >= 11 is 0. The summed E-state index contributed by atoms with van der Waals surface area (Å²) in [5.74, 6) is 0. The molecule has 2 heterocycles. The predicted octanol–water partition coefficient (Wildman–Crippen LogP) is -1.42. The van der Waals surface area contributed by atoms with Gasteiger partial charge in [-0.2, -0.15) is 0 Å². The van der Waals surface area contributed by atoms with E-state index in [0.29, 0.717) is 12.2 Å². The van der Waals surface area contributed by atoms with Gasteiger partial charge in [-0.05, 0) is 6.92 Å². The number of nitrogens with one attached hydrogen (secondary N) is 1. The molecule has 1 aliphatic rings. The van der Waals surface area contributed by atoms with Crippen molar-refractivity contribution in [2.45, 2.75) is 25.9 Å². The summed E-state index contributed by atoms with van der Waals surface area (Å²) in [6.45, 7) is 1.99. The van der Waals surface area contributed by atoms with Crippen molar-refractivity contribution in [2.24, 2.45) is 0 Å². The van der Waals surface area contributed by atoms with Crippen LogP contribution in [0.3, 0.4) is 0 Å².